The lowest BCUT2D eigenvalue weighted by Crippen LogP contribution is -2.35. The topological polar surface area (TPSA) is 63.4 Å². The van der Waals surface area contributed by atoms with Crippen molar-refractivity contribution in [1.29, 1.82) is 0 Å². The third-order valence-corrected chi connectivity index (χ3v) is 4.86. The molecule has 1 aromatic carbocycles. The first-order valence-corrected chi connectivity index (χ1v) is 8.29. The van der Waals surface area contributed by atoms with Crippen LogP contribution in [0.3, 0.4) is 0 Å². The van der Waals surface area contributed by atoms with Gasteiger partial charge in [0.1, 0.15) is 0 Å². The highest BCUT2D eigenvalue weighted by Gasteiger charge is 2.22. The van der Waals surface area contributed by atoms with Gasteiger partial charge in [-0.1, -0.05) is 32.4 Å². The number of nitrogens with two attached hydrogens (primary N) is 1. The van der Waals surface area contributed by atoms with Crippen LogP contribution in [0.2, 0.25) is 0 Å². The fraction of sp³-hybridized carbons (Fsp3) is 0.571. The highest BCUT2D eigenvalue weighted by atomic mass is 32.2. The van der Waals surface area contributed by atoms with Gasteiger partial charge in [0, 0.05) is 19.6 Å². The van der Waals surface area contributed by atoms with Crippen LogP contribution in [-0.4, -0.2) is 32.4 Å². The van der Waals surface area contributed by atoms with Gasteiger partial charge in [-0.15, -0.1) is 0 Å². The molecule has 108 valence electrons. The van der Waals surface area contributed by atoms with E-state index in [1.807, 2.05) is 19.1 Å². The maximum absolute atomic E-state index is 12.5. The molecule has 0 saturated heterocycles. The van der Waals surface area contributed by atoms with Crippen LogP contribution in [-0.2, 0) is 16.4 Å². The molecule has 0 heterocycles. The molecule has 0 aromatic heterocycles. The van der Waals surface area contributed by atoms with Crippen LogP contribution in [0, 0.1) is 0 Å². The SMILES string of the molecule is CCCc1ccc(S(=O)(=O)N(CCC)CCN)cc1. The molecule has 0 radical (unpaired) electrons. The largest absolute Gasteiger partial charge is 0.329 e. The normalized spacial score (nSPS) is 12.0. The van der Waals surface area contributed by atoms with Gasteiger partial charge in [0.2, 0.25) is 10.0 Å². The zero-order chi connectivity index (χ0) is 14.3. The second-order valence-corrected chi connectivity index (χ2v) is 6.52. The van der Waals surface area contributed by atoms with Crippen molar-refractivity contribution < 1.29 is 8.42 Å². The van der Waals surface area contributed by atoms with E-state index in [-0.39, 0.29) is 0 Å². The highest BCUT2D eigenvalue weighted by molar-refractivity contribution is 7.89. The summed E-state index contributed by atoms with van der Waals surface area (Å²) in [5, 5.41) is 0. The Morgan fingerprint density at radius 1 is 1.05 bits per heavy atom. The summed E-state index contributed by atoms with van der Waals surface area (Å²) in [5.41, 5.74) is 6.66. The summed E-state index contributed by atoms with van der Waals surface area (Å²) in [7, 11) is -3.40. The Hall–Kier alpha value is -0.910. The molecule has 0 aliphatic heterocycles. The third-order valence-electron chi connectivity index (χ3n) is 2.95. The standard InChI is InChI=1S/C14H24N2O2S/c1-3-5-13-6-8-14(9-7-13)19(17,18)16(11-4-2)12-10-15/h6-9H,3-5,10-12,15H2,1-2H3. The zero-order valence-electron chi connectivity index (χ0n) is 11.8. The molecular weight excluding hydrogens is 260 g/mol. The molecule has 0 fully saturated rings. The molecule has 0 aliphatic carbocycles. The fourth-order valence-corrected chi connectivity index (χ4v) is 3.56. The van der Waals surface area contributed by atoms with Crippen molar-refractivity contribution >= 4 is 10.0 Å². The number of rotatable bonds is 8. The van der Waals surface area contributed by atoms with E-state index in [2.05, 4.69) is 6.92 Å². The van der Waals surface area contributed by atoms with Crippen molar-refractivity contribution in [1.82, 2.24) is 4.31 Å². The molecule has 1 rings (SSSR count). The second kappa shape index (κ2) is 7.62. The van der Waals surface area contributed by atoms with Crippen LogP contribution in [0.4, 0.5) is 0 Å². The first kappa shape index (κ1) is 16.1. The zero-order valence-corrected chi connectivity index (χ0v) is 12.6. The van der Waals surface area contributed by atoms with Crippen molar-refractivity contribution in [2.45, 2.75) is 38.0 Å². The van der Waals surface area contributed by atoms with E-state index in [1.54, 1.807) is 12.1 Å². The molecule has 0 bridgehead atoms. The van der Waals surface area contributed by atoms with Gasteiger partial charge >= 0.3 is 0 Å². The molecule has 0 aliphatic rings. The predicted molar refractivity (Wildman–Crippen MR) is 78.5 cm³/mol. The van der Waals surface area contributed by atoms with Gasteiger partial charge < -0.3 is 5.73 Å². The lowest BCUT2D eigenvalue weighted by molar-refractivity contribution is 0.418. The van der Waals surface area contributed by atoms with Gasteiger partial charge in [-0.2, -0.15) is 4.31 Å². The first-order chi connectivity index (χ1) is 9.06. The summed E-state index contributed by atoms with van der Waals surface area (Å²) >= 11 is 0. The number of benzene rings is 1. The van der Waals surface area contributed by atoms with Gasteiger partial charge in [0.15, 0.2) is 0 Å². The molecule has 5 heteroatoms. The molecule has 0 unspecified atom stereocenters. The minimum absolute atomic E-state index is 0.340. The van der Waals surface area contributed by atoms with Crippen LogP contribution < -0.4 is 5.73 Å². The average Bonchev–Trinajstić information content (AvgIpc) is 2.39. The molecule has 19 heavy (non-hydrogen) atoms. The van der Waals surface area contributed by atoms with Crippen LogP contribution in [0.5, 0.6) is 0 Å². The predicted octanol–water partition coefficient (Wildman–Crippen LogP) is 2.00. The second-order valence-electron chi connectivity index (χ2n) is 4.59. The molecule has 1 aromatic rings. The van der Waals surface area contributed by atoms with E-state index in [0.29, 0.717) is 24.5 Å². The van der Waals surface area contributed by atoms with Crippen molar-refractivity contribution in [2.75, 3.05) is 19.6 Å². The number of aryl methyl sites for hydroxylation is 1. The molecule has 2 N–H and O–H groups in total. The number of hydrogen-bond donors (Lipinski definition) is 1. The summed E-state index contributed by atoms with van der Waals surface area (Å²) in [4.78, 5) is 0.356. The van der Waals surface area contributed by atoms with Crippen LogP contribution in [0.15, 0.2) is 29.2 Å². The van der Waals surface area contributed by atoms with E-state index < -0.39 is 10.0 Å². The lowest BCUT2D eigenvalue weighted by atomic mass is 10.1. The Bertz CT molecular complexity index is 463. The number of hydrogen-bond acceptors (Lipinski definition) is 3. The summed E-state index contributed by atoms with van der Waals surface area (Å²) in [5.74, 6) is 0. The fourth-order valence-electron chi connectivity index (χ4n) is 2.01. The summed E-state index contributed by atoms with van der Waals surface area (Å²) < 4.78 is 26.4. The summed E-state index contributed by atoms with van der Waals surface area (Å²) in [6.45, 7) is 5.29. The highest BCUT2D eigenvalue weighted by Crippen LogP contribution is 2.17. The molecule has 4 nitrogen and oxygen atoms in total. The van der Waals surface area contributed by atoms with Crippen LogP contribution >= 0.6 is 0 Å². The van der Waals surface area contributed by atoms with E-state index in [9.17, 15) is 8.42 Å². The van der Waals surface area contributed by atoms with Gasteiger partial charge in [0.05, 0.1) is 4.90 Å². The van der Waals surface area contributed by atoms with E-state index in [4.69, 9.17) is 5.73 Å². The summed E-state index contributed by atoms with van der Waals surface area (Å²) in [6, 6.07) is 7.17. The molecule has 0 amide bonds. The van der Waals surface area contributed by atoms with Crippen molar-refractivity contribution in [3.05, 3.63) is 29.8 Å². The van der Waals surface area contributed by atoms with E-state index in [1.165, 1.54) is 9.87 Å². The molecule has 0 saturated carbocycles. The van der Waals surface area contributed by atoms with Crippen molar-refractivity contribution in [2.24, 2.45) is 5.73 Å². The maximum Gasteiger partial charge on any atom is 0.243 e. The summed E-state index contributed by atoms with van der Waals surface area (Å²) in [6.07, 6.45) is 2.82. The average molecular weight is 284 g/mol. The third kappa shape index (κ3) is 4.30. The van der Waals surface area contributed by atoms with E-state index >= 15 is 0 Å². The molecular formula is C14H24N2O2S. The Labute approximate surface area is 116 Å². The van der Waals surface area contributed by atoms with Gasteiger partial charge in [-0.05, 0) is 30.5 Å². The Balaban J connectivity index is 2.96. The Morgan fingerprint density at radius 2 is 1.68 bits per heavy atom. The van der Waals surface area contributed by atoms with Gasteiger partial charge in [0.25, 0.3) is 0 Å². The minimum Gasteiger partial charge on any atom is -0.329 e. The van der Waals surface area contributed by atoms with E-state index in [0.717, 1.165) is 19.3 Å². The van der Waals surface area contributed by atoms with Crippen LogP contribution in [0.25, 0.3) is 0 Å². The number of sulfonamides is 1. The smallest absolute Gasteiger partial charge is 0.243 e. The van der Waals surface area contributed by atoms with Gasteiger partial charge in [-0.25, -0.2) is 8.42 Å². The quantitative estimate of drug-likeness (QED) is 0.794. The van der Waals surface area contributed by atoms with Gasteiger partial charge in [-0.3, -0.25) is 0 Å². The maximum atomic E-state index is 12.5. The van der Waals surface area contributed by atoms with Crippen molar-refractivity contribution in [3.8, 4) is 0 Å². The first-order valence-electron chi connectivity index (χ1n) is 6.85. The molecule has 0 atom stereocenters. The van der Waals surface area contributed by atoms with Crippen LogP contribution in [0.1, 0.15) is 32.3 Å². The monoisotopic (exact) mass is 284 g/mol. The van der Waals surface area contributed by atoms with Crippen molar-refractivity contribution in [3.63, 3.8) is 0 Å². The minimum atomic E-state index is -3.40. The number of nitrogens with zero attached hydrogens (tertiary/aromatic N) is 1. The molecule has 0 spiro atoms. The Morgan fingerprint density at radius 3 is 2.16 bits per heavy atom. The Kier molecular flexibility index (Phi) is 6.48. The lowest BCUT2D eigenvalue weighted by Gasteiger charge is -2.21.